The predicted octanol–water partition coefficient (Wildman–Crippen LogP) is 2.73. The van der Waals surface area contributed by atoms with Crippen molar-refractivity contribution in [2.24, 2.45) is 5.73 Å². The van der Waals surface area contributed by atoms with E-state index in [2.05, 4.69) is 41.3 Å². The fourth-order valence-corrected chi connectivity index (χ4v) is 2.81. The first-order chi connectivity index (χ1) is 9.35. The molecule has 0 bridgehead atoms. The van der Waals surface area contributed by atoms with Gasteiger partial charge in [-0.15, -0.1) is 0 Å². The van der Waals surface area contributed by atoms with Crippen LogP contribution in [0.25, 0.3) is 0 Å². The van der Waals surface area contributed by atoms with Crippen LogP contribution in [0.3, 0.4) is 0 Å². The van der Waals surface area contributed by atoms with Crippen LogP contribution in [0.2, 0.25) is 0 Å². The standard InChI is InChI=1S/C16H20N2O/c17-9-13-8-16(19-12-13)11-18-7-6-15(10-18)14-4-2-1-3-5-14/h1-5,8,12,15H,6-7,9-11,17H2. The fourth-order valence-electron chi connectivity index (χ4n) is 2.81. The van der Waals surface area contributed by atoms with E-state index in [1.165, 1.54) is 12.0 Å². The van der Waals surface area contributed by atoms with Gasteiger partial charge in [0, 0.05) is 18.7 Å². The lowest BCUT2D eigenvalue weighted by Gasteiger charge is -2.14. The highest BCUT2D eigenvalue weighted by atomic mass is 16.3. The van der Waals surface area contributed by atoms with Gasteiger partial charge < -0.3 is 10.2 Å². The molecule has 1 fully saturated rings. The van der Waals surface area contributed by atoms with Gasteiger partial charge in [-0.1, -0.05) is 30.3 Å². The zero-order valence-electron chi connectivity index (χ0n) is 11.1. The summed E-state index contributed by atoms with van der Waals surface area (Å²) < 4.78 is 5.54. The molecule has 1 aliphatic heterocycles. The van der Waals surface area contributed by atoms with Crippen molar-refractivity contribution in [3.8, 4) is 0 Å². The maximum absolute atomic E-state index is 5.60. The van der Waals surface area contributed by atoms with E-state index in [-0.39, 0.29) is 0 Å². The Morgan fingerprint density at radius 3 is 2.84 bits per heavy atom. The van der Waals surface area contributed by atoms with Crippen LogP contribution in [0.5, 0.6) is 0 Å². The Hall–Kier alpha value is -1.58. The summed E-state index contributed by atoms with van der Waals surface area (Å²) >= 11 is 0. The van der Waals surface area contributed by atoms with Crippen LogP contribution < -0.4 is 5.73 Å². The number of rotatable bonds is 4. The van der Waals surface area contributed by atoms with Crippen LogP contribution in [0, 0.1) is 0 Å². The average Bonchev–Trinajstić information content (AvgIpc) is 3.09. The van der Waals surface area contributed by atoms with Gasteiger partial charge in [0.05, 0.1) is 12.8 Å². The van der Waals surface area contributed by atoms with Crippen molar-refractivity contribution in [3.63, 3.8) is 0 Å². The van der Waals surface area contributed by atoms with Gasteiger partial charge in [-0.25, -0.2) is 0 Å². The fraction of sp³-hybridized carbons (Fsp3) is 0.375. The number of likely N-dealkylation sites (tertiary alicyclic amines) is 1. The van der Waals surface area contributed by atoms with Crippen LogP contribution in [0.15, 0.2) is 47.1 Å². The van der Waals surface area contributed by atoms with E-state index in [9.17, 15) is 0 Å². The highest BCUT2D eigenvalue weighted by molar-refractivity contribution is 5.21. The molecule has 2 N–H and O–H groups in total. The van der Waals surface area contributed by atoms with Crippen molar-refractivity contribution in [1.82, 2.24) is 4.90 Å². The Bertz CT molecular complexity index is 521. The molecule has 1 saturated heterocycles. The Morgan fingerprint density at radius 2 is 2.11 bits per heavy atom. The summed E-state index contributed by atoms with van der Waals surface area (Å²) in [6.07, 6.45) is 2.99. The maximum Gasteiger partial charge on any atom is 0.118 e. The van der Waals surface area contributed by atoms with Gasteiger partial charge in [0.15, 0.2) is 0 Å². The highest BCUT2D eigenvalue weighted by Gasteiger charge is 2.24. The molecule has 0 radical (unpaired) electrons. The Balaban J connectivity index is 1.60. The predicted molar refractivity (Wildman–Crippen MR) is 75.7 cm³/mol. The normalized spacial score (nSPS) is 19.9. The molecule has 0 aliphatic carbocycles. The van der Waals surface area contributed by atoms with E-state index in [1.54, 1.807) is 6.26 Å². The van der Waals surface area contributed by atoms with Crippen molar-refractivity contribution in [2.45, 2.75) is 25.4 Å². The van der Waals surface area contributed by atoms with E-state index >= 15 is 0 Å². The largest absolute Gasteiger partial charge is 0.468 e. The molecular formula is C16H20N2O. The van der Waals surface area contributed by atoms with Gasteiger partial charge in [0.2, 0.25) is 0 Å². The summed E-state index contributed by atoms with van der Waals surface area (Å²) in [7, 11) is 0. The molecule has 100 valence electrons. The molecule has 19 heavy (non-hydrogen) atoms. The zero-order valence-corrected chi connectivity index (χ0v) is 11.1. The molecule has 3 rings (SSSR count). The second kappa shape index (κ2) is 5.59. The van der Waals surface area contributed by atoms with E-state index < -0.39 is 0 Å². The second-order valence-electron chi connectivity index (χ2n) is 5.26. The first-order valence-corrected chi connectivity index (χ1v) is 6.89. The number of benzene rings is 1. The third kappa shape index (κ3) is 2.88. The monoisotopic (exact) mass is 256 g/mol. The van der Waals surface area contributed by atoms with Gasteiger partial charge in [-0.3, -0.25) is 4.90 Å². The lowest BCUT2D eigenvalue weighted by molar-refractivity contribution is 0.294. The molecular weight excluding hydrogens is 236 g/mol. The molecule has 1 aliphatic rings. The third-order valence-electron chi connectivity index (χ3n) is 3.87. The second-order valence-corrected chi connectivity index (χ2v) is 5.26. The van der Waals surface area contributed by atoms with Crippen molar-refractivity contribution < 1.29 is 4.42 Å². The van der Waals surface area contributed by atoms with Crippen molar-refractivity contribution >= 4 is 0 Å². The minimum absolute atomic E-state index is 0.552. The Kier molecular flexibility index (Phi) is 3.67. The van der Waals surface area contributed by atoms with Crippen LogP contribution in [0.4, 0.5) is 0 Å². The summed E-state index contributed by atoms with van der Waals surface area (Å²) in [6.45, 7) is 3.69. The lowest BCUT2D eigenvalue weighted by Crippen LogP contribution is -2.19. The van der Waals surface area contributed by atoms with Crippen molar-refractivity contribution in [1.29, 1.82) is 0 Å². The van der Waals surface area contributed by atoms with Crippen LogP contribution >= 0.6 is 0 Å². The summed E-state index contributed by atoms with van der Waals surface area (Å²) in [5.41, 5.74) is 8.12. The quantitative estimate of drug-likeness (QED) is 0.914. The van der Waals surface area contributed by atoms with Crippen molar-refractivity contribution in [3.05, 3.63) is 59.5 Å². The molecule has 1 aromatic heterocycles. The van der Waals surface area contributed by atoms with E-state index in [4.69, 9.17) is 10.2 Å². The third-order valence-corrected chi connectivity index (χ3v) is 3.87. The van der Waals surface area contributed by atoms with E-state index in [0.29, 0.717) is 12.5 Å². The molecule has 2 aromatic rings. The average molecular weight is 256 g/mol. The summed E-state index contributed by atoms with van der Waals surface area (Å²) in [4.78, 5) is 2.46. The van der Waals surface area contributed by atoms with Gasteiger partial charge in [0.1, 0.15) is 5.76 Å². The van der Waals surface area contributed by atoms with Crippen LogP contribution in [0.1, 0.15) is 29.2 Å². The minimum Gasteiger partial charge on any atom is -0.468 e. The molecule has 1 unspecified atom stereocenters. The number of hydrogen-bond acceptors (Lipinski definition) is 3. The van der Waals surface area contributed by atoms with E-state index in [1.807, 2.05) is 0 Å². The van der Waals surface area contributed by atoms with Crippen LogP contribution in [-0.4, -0.2) is 18.0 Å². The molecule has 3 heteroatoms. The van der Waals surface area contributed by atoms with Crippen LogP contribution in [-0.2, 0) is 13.1 Å². The molecule has 0 spiro atoms. The molecule has 1 aromatic carbocycles. The summed E-state index contributed by atoms with van der Waals surface area (Å²) in [6, 6.07) is 12.8. The molecule has 0 amide bonds. The SMILES string of the molecule is NCc1coc(CN2CCC(c3ccccc3)C2)c1. The molecule has 0 saturated carbocycles. The number of furan rings is 1. The number of nitrogens with zero attached hydrogens (tertiary/aromatic N) is 1. The molecule has 3 nitrogen and oxygen atoms in total. The maximum atomic E-state index is 5.60. The molecule has 2 heterocycles. The van der Waals surface area contributed by atoms with Gasteiger partial charge in [-0.2, -0.15) is 0 Å². The number of hydrogen-bond donors (Lipinski definition) is 1. The minimum atomic E-state index is 0.552. The number of nitrogens with two attached hydrogens (primary N) is 1. The Morgan fingerprint density at radius 1 is 1.26 bits per heavy atom. The Labute approximate surface area is 114 Å². The molecule has 1 atom stereocenters. The lowest BCUT2D eigenvalue weighted by atomic mass is 9.99. The van der Waals surface area contributed by atoms with Gasteiger partial charge in [-0.05, 0) is 30.5 Å². The van der Waals surface area contributed by atoms with Crippen molar-refractivity contribution in [2.75, 3.05) is 13.1 Å². The summed E-state index contributed by atoms with van der Waals surface area (Å²) in [5.74, 6) is 1.68. The zero-order chi connectivity index (χ0) is 13.1. The first-order valence-electron chi connectivity index (χ1n) is 6.89. The topological polar surface area (TPSA) is 42.4 Å². The highest BCUT2D eigenvalue weighted by Crippen LogP contribution is 2.28. The smallest absolute Gasteiger partial charge is 0.118 e. The van der Waals surface area contributed by atoms with E-state index in [0.717, 1.165) is 31.0 Å². The first kappa shape index (κ1) is 12.5. The van der Waals surface area contributed by atoms with Gasteiger partial charge in [0.25, 0.3) is 0 Å². The van der Waals surface area contributed by atoms with Gasteiger partial charge >= 0.3 is 0 Å². The summed E-state index contributed by atoms with van der Waals surface area (Å²) in [5, 5.41) is 0.